The number of carbonyl (C=O) groups excluding carboxylic acids is 1. The Labute approximate surface area is 129 Å². The minimum Gasteiger partial charge on any atom is -0.508 e. The molecule has 0 fully saturated rings. The molecule has 0 unspecified atom stereocenters. The maximum atomic E-state index is 11.7. The van der Waals surface area contributed by atoms with E-state index in [9.17, 15) is 20.0 Å². The van der Waals surface area contributed by atoms with Crippen LogP contribution in [0.3, 0.4) is 0 Å². The van der Waals surface area contributed by atoms with E-state index in [1.807, 2.05) is 0 Å². The zero-order chi connectivity index (χ0) is 17.0. The number of amides is 1. The number of rotatable bonds is 5. The first kappa shape index (κ1) is 15.9. The van der Waals surface area contributed by atoms with Crippen LogP contribution in [-0.4, -0.2) is 37.0 Å². The third-order valence-corrected chi connectivity index (χ3v) is 2.86. The van der Waals surface area contributed by atoms with E-state index in [-0.39, 0.29) is 23.9 Å². The molecule has 0 saturated carbocycles. The SMILES string of the molecule is Cc1cc([N+](=O)[O-])nn1CC(=O)N/N=C/c1ccc(O)cc1O. The second-order valence-corrected chi connectivity index (χ2v) is 4.59. The van der Waals surface area contributed by atoms with Crippen molar-refractivity contribution >= 4 is 17.9 Å². The summed E-state index contributed by atoms with van der Waals surface area (Å²) in [5.41, 5.74) is 2.98. The summed E-state index contributed by atoms with van der Waals surface area (Å²) in [6.07, 6.45) is 1.20. The van der Waals surface area contributed by atoms with E-state index in [1.54, 1.807) is 6.92 Å². The van der Waals surface area contributed by atoms with Crippen LogP contribution < -0.4 is 5.43 Å². The topological polar surface area (TPSA) is 143 Å². The molecular weight excluding hydrogens is 306 g/mol. The highest BCUT2D eigenvalue weighted by Crippen LogP contribution is 2.20. The largest absolute Gasteiger partial charge is 0.508 e. The number of aromatic hydroxyl groups is 2. The van der Waals surface area contributed by atoms with Gasteiger partial charge < -0.3 is 20.3 Å². The number of aryl methyl sites for hydroxylation is 1. The molecule has 0 atom stereocenters. The third kappa shape index (κ3) is 4.03. The molecule has 0 aliphatic rings. The molecule has 1 heterocycles. The zero-order valence-electron chi connectivity index (χ0n) is 12.0. The lowest BCUT2D eigenvalue weighted by Crippen LogP contribution is -2.24. The fourth-order valence-electron chi connectivity index (χ4n) is 1.73. The van der Waals surface area contributed by atoms with Crippen molar-refractivity contribution < 1.29 is 19.9 Å². The van der Waals surface area contributed by atoms with Gasteiger partial charge >= 0.3 is 5.82 Å². The van der Waals surface area contributed by atoms with Crippen molar-refractivity contribution in [3.8, 4) is 11.5 Å². The lowest BCUT2D eigenvalue weighted by atomic mass is 10.2. The van der Waals surface area contributed by atoms with Gasteiger partial charge in [-0.2, -0.15) is 9.78 Å². The van der Waals surface area contributed by atoms with Crippen LogP contribution in [0.25, 0.3) is 0 Å². The van der Waals surface area contributed by atoms with Crippen LogP contribution in [0.2, 0.25) is 0 Å². The van der Waals surface area contributed by atoms with Gasteiger partial charge in [-0.1, -0.05) is 0 Å². The van der Waals surface area contributed by atoms with Crippen molar-refractivity contribution in [3.05, 3.63) is 45.6 Å². The normalized spacial score (nSPS) is 10.8. The van der Waals surface area contributed by atoms with Crippen molar-refractivity contribution in [1.29, 1.82) is 0 Å². The number of nitro groups is 1. The number of nitrogens with zero attached hydrogens (tertiary/aromatic N) is 4. The van der Waals surface area contributed by atoms with Crippen molar-refractivity contribution in [3.63, 3.8) is 0 Å². The molecule has 1 amide bonds. The number of hydrogen-bond acceptors (Lipinski definition) is 7. The van der Waals surface area contributed by atoms with Crippen molar-refractivity contribution in [1.82, 2.24) is 15.2 Å². The van der Waals surface area contributed by atoms with Gasteiger partial charge in [0.25, 0.3) is 5.91 Å². The predicted molar refractivity (Wildman–Crippen MR) is 79.1 cm³/mol. The molecule has 2 rings (SSSR count). The number of nitrogens with one attached hydrogen (secondary N) is 1. The van der Waals surface area contributed by atoms with Crippen molar-refractivity contribution in [2.45, 2.75) is 13.5 Å². The van der Waals surface area contributed by atoms with Gasteiger partial charge in [0.15, 0.2) is 0 Å². The summed E-state index contributed by atoms with van der Waals surface area (Å²) < 4.78 is 1.18. The van der Waals surface area contributed by atoms with Crippen LogP contribution >= 0.6 is 0 Å². The Morgan fingerprint density at radius 2 is 2.22 bits per heavy atom. The van der Waals surface area contributed by atoms with Crippen molar-refractivity contribution in [2.24, 2.45) is 5.10 Å². The first-order chi connectivity index (χ1) is 10.9. The molecule has 0 radical (unpaired) electrons. The fraction of sp³-hybridized carbons (Fsp3) is 0.154. The number of phenolic OH excluding ortho intramolecular Hbond substituents is 2. The van der Waals surface area contributed by atoms with E-state index >= 15 is 0 Å². The van der Waals surface area contributed by atoms with E-state index in [2.05, 4.69) is 15.6 Å². The van der Waals surface area contributed by atoms with Gasteiger partial charge in [0.1, 0.15) is 18.0 Å². The molecule has 2 aromatic rings. The number of hydrazone groups is 1. The summed E-state index contributed by atoms with van der Waals surface area (Å²) in [7, 11) is 0. The molecule has 120 valence electrons. The Bertz CT molecular complexity index is 783. The van der Waals surface area contributed by atoms with E-state index in [4.69, 9.17) is 5.11 Å². The monoisotopic (exact) mass is 319 g/mol. The Balaban J connectivity index is 1.97. The number of hydrogen-bond donors (Lipinski definition) is 3. The van der Waals surface area contributed by atoms with Crippen LogP contribution in [0.5, 0.6) is 11.5 Å². The molecular formula is C13H13N5O5. The summed E-state index contributed by atoms with van der Waals surface area (Å²) in [6.45, 7) is 1.35. The smallest absolute Gasteiger partial charge is 0.390 e. The van der Waals surface area contributed by atoms with Gasteiger partial charge in [-0.25, -0.2) is 5.43 Å². The Kier molecular flexibility index (Phi) is 4.55. The van der Waals surface area contributed by atoms with E-state index in [0.717, 1.165) is 6.07 Å². The molecule has 0 aliphatic heterocycles. The molecule has 3 N–H and O–H groups in total. The van der Waals surface area contributed by atoms with Crippen molar-refractivity contribution in [2.75, 3.05) is 0 Å². The van der Waals surface area contributed by atoms with Gasteiger partial charge in [0.05, 0.1) is 23.1 Å². The zero-order valence-corrected chi connectivity index (χ0v) is 12.0. The number of benzene rings is 1. The molecule has 10 heteroatoms. The van der Waals surface area contributed by atoms with Gasteiger partial charge in [0, 0.05) is 11.6 Å². The van der Waals surface area contributed by atoms with Gasteiger partial charge in [-0.15, -0.1) is 0 Å². The van der Waals surface area contributed by atoms with Crippen LogP contribution in [0.15, 0.2) is 29.4 Å². The highest BCUT2D eigenvalue weighted by atomic mass is 16.6. The number of aromatic nitrogens is 2. The molecule has 1 aromatic heterocycles. The van der Waals surface area contributed by atoms with Gasteiger partial charge in [-0.05, 0) is 24.0 Å². The summed E-state index contributed by atoms with van der Waals surface area (Å²) in [5, 5.41) is 36.6. The minimum absolute atomic E-state index is 0.0977. The van der Waals surface area contributed by atoms with Gasteiger partial charge in [0.2, 0.25) is 0 Å². The van der Waals surface area contributed by atoms with E-state index in [1.165, 1.54) is 29.1 Å². The van der Waals surface area contributed by atoms with Crippen LogP contribution in [0, 0.1) is 17.0 Å². The van der Waals surface area contributed by atoms with Crippen LogP contribution in [0.4, 0.5) is 5.82 Å². The molecule has 0 aliphatic carbocycles. The van der Waals surface area contributed by atoms with Crippen LogP contribution in [-0.2, 0) is 11.3 Å². The fourth-order valence-corrected chi connectivity index (χ4v) is 1.73. The van der Waals surface area contributed by atoms with E-state index < -0.39 is 10.8 Å². The maximum absolute atomic E-state index is 11.7. The summed E-state index contributed by atoms with van der Waals surface area (Å²) in [6, 6.07) is 5.16. The first-order valence-electron chi connectivity index (χ1n) is 6.39. The lowest BCUT2D eigenvalue weighted by Gasteiger charge is -2.01. The average Bonchev–Trinajstić information content (AvgIpc) is 2.83. The molecule has 0 bridgehead atoms. The lowest BCUT2D eigenvalue weighted by molar-refractivity contribution is -0.389. The Morgan fingerprint density at radius 1 is 1.48 bits per heavy atom. The highest BCUT2D eigenvalue weighted by molar-refractivity contribution is 5.85. The van der Waals surface area contributed by atoms with E-state index in [0.29, 0.717) is 11.3 Å². The summed E-state index contributed by atoms with van der Waals surface area (Å²) >= 11 is 0. The molecule has 10 nitrogen and oxygen atoms in total. The average molecular weight is 319 g/mol. The Hall–Kier alpha value is -3.43. The number of phenols is 2. The Morgan fingerprint density at radius 3 is 2.83 bits per heavy atom. The second kappa shape index (κ2) is 6.56. The predicted octanol–water partition coefficient (Wildman–Crippen LogP) is 0.661. The standard InChI is InChI=1S/C13H13N5O5/c1-8-4-12(18(22)23)16-17(8)7-13(21)15-14-6-9-2-3-10(19)5-11(9)20/h2-6,19-20H,7H2,1H3,(H,15,21)/b14-6+. The van der Waals surface area contributed by atoms with Crippen LogP contribution in [0.1, 0.15) is 11.3 Å². The molecule has 0 spiro atoms. The maximum Gasteiger partial charge on any atom is 0.390 e. The third-order valence-electron chi connectivity index (χ3n) is 2.86. The second-order valence-electron chi connectivity index (χ2n) is 4.59. The minimum atomic E-state index is -0.646. The quantitative estimate of drug-likeness (QED) is 0.419. The molecule has 23 heavy (non-hydrogen) atoms. The molecule has 0 saturated heterocycles. The molecule has 1 aromatic carbocycles. The van der Waals surface area contributed by atoms with Gasteiger partial charge in [-0.3, -0.25) is 4.79 Å². The first-order valence-corrected chi connectivity index (χ1v) is 6.39. The number of carbonyl (C=O) groups is 1. The highest BCUT2D eigenvalue weighted by Gasteiger charge is 2.17. The summed E-state index contributed by atoms with van der Waals surface area (Å²) in [5.74, 6) is -1.17. The summed E-state index contributed by atoms with van der Waals surface area (Å²) in [4.78, 5) is 21.7.